The summed E-state index contributed by atoms with van der Waals surface area (Å²) in [6.45, 7) is 0.622. The summed E-state index contributed by atoms with van der Waals surface area (Å²) >= 11 is 7.26. The first-order chi connectivity index (χ1) is 5.24. The number of hydrogen-bond donors (Lipinski definition) is 2. The number of hydrogen-bond acceptors (Lipinski definition) is 3. The maximum Gasteiger partial charge on any atom is 0.0931 e. The number of halogens is 2. The molecule has 1 rings (SSSR count). The van der Waals surface area contributed by atoms with E-state index in [1.54, 1.807) is 0 Å². The van der Waals surface area contributed by atoms with Crippen molar-refractivity contribution in [2.45, 2.75) is 12.5 Å². The van der Waals surface area contributed by atoms with E-state index in [2.05, 4.69) is 0 Å². The molecule has 0 aliphatic rings. The van der Waals surface area contributed by atoms with Crippen molar-refractivity contribution < 1.29 is 0 Å². The van der Waals surface area contributed by atoms with Crippen molar-refractivity contribution in [2.24, 2.45) is 11.5 Å². The molecule has 1 aromatic rings. The van der Waals surface area contributed by atoms with E-state index in [9.17, 15) is 0 Å². The van der Waals surface area contributed by atoms with Gasteiger partial charge < -0.3 is 11.5 Å². The Morgan fingerprint density at radius 1 is 1.50 bits per heavy atom. The lowest BCUT2D eigenvalue weighted by molar-refractivity contribution is 0.672. The quantitative estimate of drug-likeness (QED) is 0.831. The molecule has 0 aliphatic carbocycles. The first-order valence-electron chi connectivity index (χ1n) is 3.45. The van der Waals surface area contributed by atoms with Gasteiger partial charge in [-0.1, -0.05) is 11.6 Å². The van der Waals surface area contributed by atoms with Gasteiger partial charge in [-0.15, -0.1) is 23.7 Å². The molecule has 0 radical (unpaired) electrons. The zero-order valence-corrected chi connectivity index (χ0v) is 8.88. The first kappa shape index (κ1) is 12.2. The molecule has 0 aliphatic heterocycles. The molecule has 1 aromatic heterocycles. The average molecular weight is 227 g/mol. The van der Waals surface area contributed by atoms with Gasteiger partial charge in [-0.3, -0.25) is 0 Å². The van der Waals surface area contributed by atoms with Crippen LogP contribution in [-0.4, -0.2) is 6.54 Å². The van der Waals surface area contributed by atoms with Gasteiger partial charge in [-0.2, -0.15) is 0 Å². The van der Waals surface area contributed by atoms with Crippen LogP contribution in [-0.2, 0) is 0 Å². The molecule has 2 nitrogen and oxygen atoms in total. The molecular formula is C7H12Cl2N2S. The maximum absolute atomic E-state index is 5.79. The number of nitrogens with two attached hydrogens (primary N) is 2. The average Bonchev–Trinajstić information content (AvgIpc) is 2.36. The molecule has 0 saturated carbocycles. The lowest BCUT2D eigenvalue weighted by Gasteiger charge is -2.05. The fourth-order valence-corrected chi connectivity index (χ4v) is 1.95. The van der Waals surface area contributed by atoms with Crippen molar-refractivity contribution in [1.82, 2.24) is 0 Å². The topological polar surface area (TPSA) is 52.0 Å². The summed E-state index contributed by atoms with van der Waals surface area (Å²) < 4.78 is 0.785. The summed E-state index contributed by atoms with van der Waals surface area (Å²) in [6.07, 6.45) is 0.816. The highest BCUT2D eigenvalue weighted by molar-refractivity contribution is 7.16. The Bertz CT molecular complexity index is 227. The minimum Gasteiger partial charge on any atom is -0.330 e. The highest BCUT2D eigenvalue weighted by atomic mass is 35.5. The third-order valence-electron chi connectivity index (χ3n) is 1.44. The second kappa shape index (κ2) is 5.78. The van der Waals surface area contributed by atoms with Gasteiger partial charge in [0.2, 0.25) is 0 Å². The first-order valence-corrected chi connectivity index (χ1v) is 4.64. The van der Waals surface area contributed by atoms with Crippen LogP contribution >= 0.6 is 35.3 Å². The predicted octanol–water partition coefficient (Wildman–Crippen LogP) is 2.17. The van der Waals surface area contributed by atoms with E-state index in [1.807, 2.05) is 12.1 Å². The lowest BCUT2D eigenvalue weighted by atomic mass is 10.2. The van der Waals surface area contributed by atoms with E-state index in [4.69, 9.17) is 23.1 Å². The van der Waals surface area contributed by atoms with E-state index in [-0.39, 0.29) is 18.4 Å². The molecule has 0 aromatic carbocycles. The SMILES string of the molecule is Cl.NCC[C@H](N)c1ccc(Cl)s1. The molecule has 4 N–H and O–H groups in total. The Labute approximate surface area is 87.3 Å². The fourth-order valence-electron chi connectivity index (χ4n) is 0.849. The van der Waals surface area contributed by atoms with E-state index in [0.29, 0.717) is 6.54 Å². The summed E-state index contributed by atoms with van der Waals surface area (Å²) in [5.74, 6) is 0. The second-order valence-electron chi connectivity index (χ2n) is 2.33. The van der Waals surface area contributed by atoms with E-state index >= 15 is 0 Å². The summed E-state index contributed by atoms with van der Waals surface area (Å²) in [5, 5.41) is 0. The van der Waals surface area contributed by atoms with Crippen molar-refractivity contribution in [3.05, 3.63) is 21.3 Å². The van der Waals surface area contributed by atoms with Crippen molar-refractivity contribution in [3.8, 4) is 0 Å². The zero-order valence-electron chi connectivity index (χ0n) is 6.50. The Morgan fingerprint density at radius 3 is 2.58 bits per heavy atom. The molecule has 12 heavy (non-hydrogen) atoms. The number of thiophene rings is 1. The van der Waals surface area contributed by atoms with Crippen LogP contribution in [0.15, 0.2) is 12.1 Å². The number of rotatable bonds is 3. The Hall–Kier alpha value is 0.200. The molecule has 1 heterocycles. The molecular weight excluding hydrogens is 215 g/mol. The fraction of sp³-hybridized carbons (Fsp3) is 0.429. The van der Waals surface area contributed by atoms with Gasteiger partial charge in [0.25, 0.3) is 0 Å². The van der Waals surface area contributed by atoms with Crippen molar-refractivity contribution in [3.63, 3.8) is 0 Å². The van der Waals surface area contributed by atoms with Gasteiger partial charge >= 0.3 is 0 Å². The highest BCUT2D eigenvalue weighted by Crippen LogP contribution is 2.26. The monoisotopic (exact) mass is 226 g/mol. The van der Waals surface area contributed by atoms with Crippen molar-refractivity contribution in [1.29, 1.82) is 0 Å². The minimum absolute atomic E-state index is 0. The van der Waals surface area contributed by atoms with Crippen LogP contribution in [0.5, 0.6) is 0 Å². The molecule has 0 saturated heterocycles. The smallest absolute Gasteiger partial charge is 0.0931 e. The summed E-state index contributed by atoms with van der Waals surface area (Å²) in [6, 6.07) is 3.86. The molecule has 70 valence electrons. The Balaban J connectivity index is 0.00000121. The van der Waals surface area contributed by atoms with Crippen LogP contribution in [0, 0.1) is 0 Å². The molecule has 0 spiro atoms. The maximum atomic E-state index is 5.79. The Kier molecular flexibility index (Phi) is 5.88. The van der Waals surface area contributed by atoms with Gasteiger partial charge in [0.15, 0.2) is 0 Å². The predicted molar refractivity (Wildman–Crippen MR) is 57.2 cm³/mol. The standard InChI is InChI=1S/C7H11ClN2S.ClH/c8-7-2-1-6(11-7)5(10)3-4-9;/h1-2,5H,3-4,9-10H2;1H/t5-;/m0./s1. The van der Waals surface area contributed by atoms with E-state index in [1.165, 1.54) is 11.3 Å². The van der Waals surface area contributed by atoms with Crippen LogP contribution in [0.2, 0.25) is 4.34 Å². The second-order valence-corrected chi connectivity index (χ2v) is 4.07. The van der Waals surface area contributed by atoms with Gasteiger partial charge in [-0.25, -0.2) is 0 Å². The third-order valence-corrected chi connectivity index (χ3v) is 2.80. The van der Waals surface area contributed by atoms with Crippen LogP contribution < -0.4 is 11.5 Å². The minimum atomic E-state index is 0. The van der Waals surface area contributed by atoms with E-state index in [0.717, 1.165) is 15.6 Å². The Morgan fingerprint density at radius 2 is 2.17 bits per heavy atom. The van der Waals surface area contributed by atoms with E-state index < -0.39 is 0 Å². The van der Waals surface area contributed by atoms with Crippen LogP contribution in [0.4, 0.5) is 0 Å². The third kappa shape index (κ3) is 3.29. The van der Waals surface area contributed by atoms with Crippen molar-refractivity contribution >= 4 is 35.3 Å². The molecule has 0 fully saturated rings. The molecule has 0 bridgehead atoms. The summed E-state index contributed by atoms with van der Waals surface area (Å²) in [4.78, 5) is 1.11. The molecule has 0 amide bonds. The van der Waals surface area contributed by atoms with Gasteiger partial charge in [-0.05, 0) is 25.1 Å². The van der Waals surface area contributed by atoms with Crippen molar-refractivity contribution in [2.75, 3.05) is 6.54 Å². The zero-order chi connectivity index (χ0) is 8.27. The molecule has 1 atom stereocenters. The normalized spacial score (nSPS) is 12.2. The van der Waals surface area contributed by atoms with Crippen LogP contribution in [0.3, 0.4) is 0 Å². The molecule has 0 unspecified atom stereocenters. The van der Waals surface area contributed by atoms with Gasteiger partial charge in [0.05, 0.1) is 4.34 Å². The summed E-state index contributed by atoms with van der Waals surface area (Å²) in [5.41, 5.74) is 11.2. The molecule has 5 heteroatoms. The van der Waals surface area contributed by atoms with Gasteiger partial charge in [0.1, 0.15) is 0 Å². The van der Waals surface area contributed by atoms with Crippen LogP contribution in [0.25, 0.3) is 0 Å². The lowest BCUT2D eigenvalue weighted by Crippen LogP contribution is -2.13. The van der Waals surface area contributed by atoms with Crippen LogP contribution in [0.1, 0.15) is 17.3 Å². The largest absolute Gasteiger partial charge is 0.330 e. The van der Waals surface area contributed by atoms with Gasteiger partial charge in [0, 0.05) is 10.9 Å². The highest BCUT2D eigenvalue weighted by Gasteiger charge is 2.06. The summed E-state index contributed by atoms with van der Waals surface area (Å²) in [7, 11) is 0.